The summed E-state index contributed by atoms with van der Waals surface area (Å²) in [6.07, 6.45) is 5.37. The van der Waals surface area contributed by atoms with Gasteiger partial charge in [-0.3, -0.25) is 0 Å². The van der Waals surface area contributed by atoms with Crippen molar-refractivity contribution in [1.29, 1.82) is 0 Å². The summed E-state index contributed by atoms with van der Waals surface area (Å²) in [5.74, 6) is 0.962. The maximum Gasteiger partial charge on any atom is 0.0725 e. The molecule has 0 radical (unpaired) electrons. The Morgan fingerprint density at radius 3 is 2.89 bits per heavy atom. The summed E-state index contributed by atoms with van der Waals surface area (Å²) in [5, 5.41) is 3.71. The Hall–Kier alpha value is -0.860. The molecule has 1 heterocycles. The van der Waals surface area contributed by atoms with Crippen LogP contribution in [0.4, 0.5) is 0 Å². The lowest BCUT2D eigenvalue weighted by Crippen LogP contribution is -2.22. The van der Waals surface area contributed by atoms with Gasteiger partial charge in [-0.15, -0.1) is 0 Å². The molecule has 0 spiro atoms. The highest BCUT2D eigenvalue weighted by molar-refractivity contribution is 5.34. The zero-order valence-corrected chi connectivity index (χ0v) is 11.2. The molecular weight excluding hydrogens is 222 g/mol. The first-order valence-electron chi connectivity index (χ1n) is 7.29. The van der Waals surface area contributed by atoms with Crippen LogP contribution in [0.25, 0.3) is 0 Å². The predicted molar refractivity (Wildman–Crippen MR) is 73.3 cm³/mol. The molecule has 3 rings (SSSR count). The van der Waals surface area contributed by atoms with Crippen LogP contribution in [0.1, 0.15) is 55.3 Å². The molecule has 1 saturated carbocycles. The predicted octanol–water partition coefficient (Wildman–Crippen LogP) is 3.56. The zero-order chi connectivity index (χ0) is 12.4. The highest BCUT2D eigenvalue weighted by Crippen LogP contribution is 2.38. The van der Waals surface area contributed by atoms with Gasteiger partial charge in [-0.2, -0.15) is 0 Å². The van der Waals surface area contributed by atoms with Gasteiger partial charge in [-0.25, -0.2) is 0 Å². The molecule has 1 aromatic carbocycles. The van der Waals surface area contributed by atoms with Gasteiger partial charge in [0.2, 0.25) is 0 Å². The Morgan fingerprint density at radius 2 is 2.11 bits per heavy atom. The molecule has 0 bridgehead atoms. The van der Waals surface area contributed by atoms with Crippen molar-refractivity contribution in [1.82, 2.24) is 5.32 Å². The number of hydrogen-bond donors (Lipinski definition) is 1. The van der Waals surface area contributed by atoms with Crippen molar-refractivity contribution in [2.24, 2.45) is 5.92 Å². The van der Waals surface area contributed by atoms with Gasteiger partial charge < -0.3 is 10.1 Å². The molecular formula is C16H23NO. The molecule has 18 heavy (non-hydrogen) atoms. The maximum absolute atomic E-state index is 5.50. The minimum absolute atomic E-state index is 0.545. The highest BCUT2D eigenvalue weighted by Gasteiger charge is 2.26. The van der Waals surface area contributed by atoms with Crippen LogP contribution in [0.2, 0.25) is 0 Å². The van der Waals surface area contributed by atoms with Crippen molar-refractivity contribution in [2.75, 3.05) is 6.54 Å². The summed E-state index contributed by atoms with van der Waals surface area (Å²) >= 11 is 0. The van der Waals surface area contributed by atoms with Gasteiger partial charge in [0.05, 0.1) is 13.2 Å². The average molecular weight is 245 g/mol. The molecule has 0 saturated heterocycles. The quantitative estimate of drug-likeness (QED) is 0.827. The second kappa shape index (κ2) is 5.41. The normalized spacial score (nSPS) is 19.8. The number of benzene rings is 1. The van der Waals surface area contributed by atoms with Gasteiger partial charge in [0.1, 0.15) is 0 Å². The van der Waals surface area contributed by atoms with E-state index in [1.165, 1.54) is 42.4 Å². The van der Waals surface area contributed by atoms with E-state index in [9.17, 15) is 0 Å². The number of nitrogens with one attached hydrogen (secondary N) is 1. The maximum atomic E-state index is 5.50. The number of fused-ring (bicyclic) bond motifs is 1. The first-order valence-corrected chi connectivity index (χ1v) is 7.29. The van der Waals surface area contributed by atoms with Gasteiger partial charge in [-0.1, -0.05) is 38.0 Å². The summed E-state index contributed by atoms with van der Waals surface area (Å²) in [6.45, 7) is 4.95. The Balaban J connectivity index is 1.75. The van der Waals surface area contributed by atoms with Gasteiger partial charge in [0, 0.05) is 6.04 Å². The number of ether oxygens (including phenoxy) is 1. The molecule has 1 unspecified atom stereocenters. The van der Waals surface area contributed by atoms with E-state index in [1.807, 2.05) is 0 Å². The van der Waals surface area contributed by atoms with Crippen LogP contribution in [-0.2, 0) is 18.0 Å². The van der Waals surface area contributed by atoms with Crippen molar-refractivity contribution in [2.45, 2.75) is 51.9 Å². The molecule has 2 aliphatic rings. The van der Waals surface area contributed by atoms with Crippen LogP contribution < -0.4 is 5.32 Å². The van der Waals surface area contributed by atoms with Crippen LogP contribution in [0, 0.1) is 5.92 Å². The number of hydrogen-bond acceptors (Lipinski definition) is 2. The van der Waals surface area contributed by atoms with Gasteiger partial charge >= 0.3 is 0 Å². The third-order valence-corrected chi connectivity index (χ3v) is 4.05. The van der Waals surface area contributed by atoms with Crippen molar-refractivity contribution in [3.63, 3.8) is 0 Å². The molecule has 98 valence electrons. The molecule has 1 atom stereocenters. The van der Waals surface area contributed by atoms with Crippen molar-refractivity contribution >= 4 is 0 Å². The van der Waals surface area contributed by atoms with Gasteiger partial charge in [0.15, 0.2) is 0 Å². The Bertz CT molecular complexity index is 412. The third kappa shape index (κ3) is 2.76. The average Bonchev–Trinajstić information content (AvgIpc) is 3.08. The van der Waals surface area contributed by atoms with Crippen LogP contribution in [0.15, 0.2) is 18.2 Å². The smallest absolute Gasteiger partial charge is 0.0725 e. The summed E-state index contributed by atoms with van der Waals surface area (Å²) in [5.41, 5.74) is 4.23. The molecule has 2 heteroatoms. The topological polar surface area (TPSA) is 21.3 Å². The molecule has 1 N–H and O–H groups in total. The SMILES string of the molecule is CCCNC(CC1CC1)c1ccc2c(c1)COC2. The minimum Gasteiger partial charge on any atom is -0.372 e. The summed E-state index contributed by atoms with van der Waals surface area (Å²) in [4.78, 5) is 0. The van der Waals surface area contributed by atoms with E-state index in [0.29, 0.717) is 6.04 Å². The first-order chi connectivity index (χ1) is 8.86. The van der Waals surface area contributed by atoms with Gasteiger partial charge in [-0.05, 0) is 42.0 Å². The number of rotatable bonds is 6. The fourth-order valence-electron chi connectivity index (χ4n) is 2.75. The third-order valence-electron chi connectivity index (χ3n) is 4.05. The lowest BCUT2D eigenvalue weighted by molar-refractivity contribution is 0.134. The van der Waals surface area contributed by atoms with Crippen LogP contribution >= 0.6 is 0 Å². The molecule has 1 aromatic rings. The van der Waals surface area contributed by atoms with E-state index in [-0.39, 0.29) is 0 Å². The fourth-order valence-corrected chi connectivity index (χ4v) is 2.75. The van der Waals surface area contributed by atoms with Crippen LogP contribution in [-0.4, -0.2) is 6.54 Å². The van der Waals surface area contributed by atoms with Crippen LogP contribution in [0.5, 0.6) is 0 Å². The van der Waals surface area contributed by atoms with E-state index in [4.69, 9.17) is 4.74 Å². The van der Waals surface area contributed by atoms with Crippen molar-refractivity contribution in [3.8, 4) is 0 Å². The monoisotopic (exact) mass is 245 g/mol. The lowest BCUT2D eigenvalue weighted by atomic mass is 9.97. The summed E-state index contributed by atoms with van der Waals surface area (Å²) in [7, 11) is 0. The fraction of sp³-hybridized carbons (Fsp3) is 0.625. The van der Waals surface area contributed by atoms with Crippen molar-refractivity contribution in [3.05, 3.63) is 34.9 Å². The van der Waals surface area contributed by atoms with E-state index >= 15 is 0 Å². The second-order valence-corrected chi connectivity index (χ2v) is 5.71. The Morgan fingerprint density at radius 1 is 1.28 bits per heavy atom. The van der Waals surface area contributed by atoms with Gasteiger partial charge in [0.25, 0.3) is 0 Å². The minimum atomic E-state index is 0.545. The van der Waals surface area contributed by atoms with Crippen LogP contribution in [0.3, 0.4) is 0 Å². The summed E-state index contributed by atoms with van der Waals surface area (Å²) in [6, 6.07) is 7.45. The van der Waals surface area contributed by atoms with E-state index in [0.717, 1.165) is 25.7 Å². The standard InChI is InChI=1S/C16H23NO/c1-2-7-17-16(8-12-3-4-12)13-5-6-14-10-18-11-15(14)9-13/h5-6,9,12,16-17H,2-4,7-8,10-11H2,1H3. The summed E-state index contributed by atoms with van der Waals surface area (Å²) < 4.78 is 5.50. The van der Waals surface area contributed by atoms with Crippen molar-refractivity contribution < 1.29 is 4.74 Å². The molecule has 1 aliphatic carbocycles. The molecule has 1 aliphatic heterocycles. The molecule has 0 amide bonds. The van der Waals surface area contributed by atoms with E-state index < -0.39 is 0 Å². The Kier molecular flexibility index (Phi) is 3.67. The van der Waals surface area contributed by atoms with E-state index in [2.05, 4.69) is 30.4 Å². The Labute approximate surface area is 110 Å². The molecule has 1 fully saturated rings. The zero-order valence-electron chi connectivity index (χ0n) is 11.2. The largest absolute Gasteiger partial charge is 0.372 e. The molecule has 2 nitrogen and oxygen atoms in total. The first kappa shape index (κ1) is 12.2. The van der Waals surface area contributed by atoms with E-state index in [1.54, 1.807) is 0 Å². The second-order valence-electron chi connectivity index (χ2n) is 5.71. The molecule has 0 aromatic heterocycles. The highest BCUT2D eigenvalue weighted by atomic mass is 16.5. The lowest BCUT2D eigenvalue weighted by Gasteiger charge is -2.19.